The smallest absolute Gasteiger partial charge is 0.379 e. The van der Waals surface area contributed by atoms with Gasteiger partial charge in [-0.1, -0.05) is 18.2 Å². The van der Waals surface area contributed by atoms with E-state index in [4.69, 9.17) is 4.18 Å². The quantitative estimate of drug-likeness (QED) is 0.369. The molecule has 2 heterocycles. The van der Waals surface area contributed by atoms with Crippen molar-refractivity contribution in [1.29, 1.82) is 0 Å². The van der Waals surface area contributed by atoms with Gasteiger partial charge in [0.2, 0.25) is 0 Å². The van der Waals surface area contributed by atoms with Crippen LogP contribution in [0.3, 0.4) is 0 Å². The van der Waals surface area contributed by atoms with Crippen LogP contribution in [-0.2, 0) is 16.3 Å². The number of nitrogens with one attached hydrogen (secondary N) is 1. The number of aromatic nitrogens is 5. The lowest BCUT2D eigenvalue weighted by Crippen LogP contribution is -2.29. The van der Waals surface area contributed by atoms with Crippen molar-refractivity contribution in [3.63, 3.8) is 0 Å². The van der Waals surface area contributed by atoms with Crippen molar-refractivity contribution in [2.24, 2.45) is 0 Å². The summed E-state index contributed by atoms with van der Waals surface area (Å²) in [5.74, 6) is -1.22. The van der Waals surface area contributed by atoms with Crippen LogP contribution < -0.4 is 9.50 Å². The second-order valence-corrected chi connectivity index (χ2v) is 8.91. The first-order chi connectivity index (χ1) is 17.0. The maximum Gasteiger partial charge on any atom is 0.416 e. The fourth-order valence-electron chi connectivity index (χ4n) is 3.15. The van der Waals surface area contributed by atoms with E-state index < -0.39 is 45.1 Å². The van der Waals surface area contributed by atoms with Crippen LogP contribution in [0.4, 0.5) is 13.2 Å². The summed E-state index contributed by atoms with van der Waals surface area (Å²) in [6.45, 7) is 1.53. The maximum atomic E-state index is 13.5. The fraction of sp³-hybridized carbons (Fsp3) is 0.136. The molecule has 1 atom stereocenters. The molecular weight excluding hydrogens is 501 g/mol. The molecule has 4 aromatic rings. The first-order valence-electron chi connectivity index (χ1n) is 10.2. The lowest BCUT2D eigenvalue weighted by atomic mass is 10.1. The number of hydrogen-bond donors (Lipinski definition) is 1. The summed E-state index contributed by atoms with van der Waals surface area (Å²) in [5.41, 5.74) is -1.74. The van der Waals surface area contributed by atoms with Crippen molar-refractivity contribution >= 4 is 16.0 Å². The average molecular weight is 518 g/mol. The van der Waals surface area contributed by atoms with Crippen molar-refractivity contribution in [1.82, 2.24) is 30.0 Å². The number of halogens is 3. The van der Waals surface area contributed by atoms with Crippen LogP contribution in [-0.4, -0.2) is 39.1 Å². The van der Waals surface area contributed by atoms with Gasteiger partial charge in [-0.2, -0.15) is 31.4 Å². The van der Waals surface area contributed by atoms with Gasteiger partial charge in [-0.3, -0.25) is 4.79 Å². The second kappa shape index (κ2) is 9.73. The number of hydrogen-bond acceptors (Lipinski definition) is 8. The largest absolute Gasteiger partial charge is 0.416 e. The summed E-state index contributed by atoms with van der Waals surface area (Å²) < 4.78 is 71.8. The third-order valence-corrected chi connectivity index (χ3v) is 6.05. The van der Waals surface area contributed by atoms with Crippen LogP contribution in [0.15, 0.2) is 78.2 Å². The molecule has 14 heteroatoms. The van der Waals surface area contributed by atoms with E-state index in [1.165, 1.54) is 54.6 Å². The van der Waals surface area contributed by atoms with Crippen molar-refractivity contribution < 1.29 is 30.6 Å². The molecule has 2 aromatic heterocycles. The van der Waals surface area contributed by atoms with E-state index in [9.17, 15) is 26.4 Å². The third-order valence-electron chi connectivity index (χ3n) is 4.78. The zero-order chi connectivity index (χ0) is 25.9. The molecule has 1 unspecified atom stereocenters. The van der Waals surface area contributed by atoms with Crippen molar-refractivity contribution in [3.8, 4) is 11.7 Å². The van der Waals surface area contributed by atoms with Crippen LogP contribution in [0.5, 0.6) is 5.75 Å². The minimum absolute atomic E-state index is 0.173. The SMILES string of the molecule is CC(NC(=O)c1cc(OS(=O)(=O)c2ccccc2)cc(C(F)(F)F)c1)c1ncnn1-c1ncccn1. The molecule has 1 N–H and O–H groups in total. The van der Waals surface area contributed by atoms with Gasteiger partial charge in [0.05, 0.1) is 11.6 Å². The Bertz CT molecular complexity index is 1480. The zero-order valence-electron chi connectivity index (χ0n) is 18.4. The predicted molar refractivity (Wildman–Crippen MR) is 119 cm³/mol. The highest BCUT2D eigenvalue weighted by atomic mass is 32.2. The van der Waals surface area contributed by atoms with Gasteiger partial charge >= 0.3 is 16.3 Å². The van der Waals surface area contributed by atoms with Gasteiger partial charge < -0.3 is 9.50 Å². The number of carbonyl (C=O) groups excluding carboxylic acids is 1. The van der Waals surface area contributed by atoms with Gasteiger partial charge in [0.15, 0.2) is 5.82 Å². The molecule has 0 saturated heterocycles. The number of carbonyl (C=O) groups is 1. The minimum Gasteiger partial charge on any atom is -0.379 e. The van der Waals surface area contributed by atoms with Crippen LogP contribution in [0.1, 0.15) is 34.7 Å². The molecule has 0 aliphatic heterocycles. The summed E-state index contributed by atoms with van der Waals surface area (Å²) in [7, 11) is -4.45. The molecule has 0 radical (unpaired) electrons. The molecule has 4 rings (SSSR count). The minimum atomic E-state index is -4.87. The Kier molecular flexibility index (Phi) is 6.70. The summed E-state index contributed by atoms with van der Waals surface area (Å²) in [5, 5.41) is 6.53. The van der Waals surface area contributed by atoms with Gasteiger partial charge in [-0.25, -0.2) is 15.0 Å². The zero-order valence-corrected chi connectivity index (χ0v) is 19.2. The highest BCUT2D eigenvalue weighted by Crippen LogP contribution is 2.33. The number of benzene rings is 2. The number of nitrogens with zero attached hydrogens (tertiary/aromatic N) is 5. The fourth-order valence-corrected chi connectivity index (χ4v) is 4.09. The Labute approximate surface area is 202 Å². The average Bonchev–Trinajstić information content (AvgIpc) is 3.34. The van der Waals surface area contributed by atoms with E-state index in [0.29, 0.717) is 12.1 Å². The first kappa shape index (κ1) is 24.8. The van der Waals surface area contributed by atoms with Gasteiger partial charge in [-0.15, -0.1) is 0 Å². The Morgan fingerprint density at radius 3 is 2.39 bits per heavy atom. The molecule has 186 valence electrons. The molecule has 0 fully saturated rings. The van der Waals surface area contributed by atoms with Crippen LogP contribution in [0.25, 0.3) is 5.95 Å². The summed E-state index contributed by atoms with van der Waals surface area (Å²) in [6, 6.07) is 9.64. The Morgan fingerprint density at radius 2 is 1.72 bits per heavy atom. The molecule has 0 saturated carbocycles. The molecular formula is C22H17F3N6O4S. The topological polar surface area (TPSA) is 129 Å². The molecule has 0 bridgehead atoms. The molecule has 2 aromatic carbocycles. The van der Waals surface area contributed by atoms with Crippen LogP contribution in [0, 0.1) is 0 Å². The van der Waals surface area contributed by atoms with E-state index in [1.807, 2.05) is 0 Å². The van der Waals surface area contributed by atoms with Crippen LogP contribution >= 0.6 is 0 Å². The van der Waals surface area contributed by atoms with Gasteiger partial charge in [0, 0.05) is 18.0 Å². The van der Waals surface area contributed by atoms with E-state index >= 15 is 0 Å². The molecule has 0 spiro atoms. The Morgan fingerprint density at radius 1 is 1.03 bits per heavy atom. The molecule has 0 aliphatic rings. The lowest BCUT2D eigenvalue weighted by molar-refractivity contribution is -0.137. The van der Waals surface area contributed by atoms with Gasteiger partial charge in [-0.05, 0) is 43.3 Å². The summed E-state index contributed by atoms with van der Waals surface area (Å²) >= 11 is 0. The van der Waals surface area contributed by atoms with Crippen molar-refractivity contribution in [3.05, 3.63) is 90.3 Å². The third kappa shape index (κ3) is 5.49. The number of amides is 1. The Hall–Kier alpha value is -4.33. The summed E-state index contributed by atoms with van der Waals surface area (Å²) in [6.07, 6.45) is -0.713. The highest BCUT2D eigenvalue weighted by Gasteiger charge is 2.33. The van der Waals surface area contributed by atoms with Crippen LogP contribution in [0.2, 0.25) is 0 Å². The standard InChI is InChI=1S/C22H17F3N6O4S/c1-14(19-28-13-29-31(19)21-26-8-5-9-27-21)30-20(32)15-10-16(22(23,24)25)12-17(11-15)35-36(33,34)18-6-3-2-4-7-18/h2-14H,1H3,(H,30,32). The normalized spacial score (nSPS) is 12.7. The van der Waals surface area contributed by atoms with E-state index in [-0.39, 0.29) is 16.7 Å². The number of rotatable bonds is 7. The van der Waals surface area contributed by atoms with Gasteiger partial charge in [0.1, 0.15) is 17.0 Å². The maximum absolute atomic E-state index is 13.5. The molecule has 10 nitrogen and oxygen atoms in total. The van der Waals surface area contributed by atoms with E-state index in [2.05, 4.69) is 25.4 Å². The lowest BCUT2D eigenvalue weighted by Gasteiger charge is -2.16. The van der Waals surface area contributed by atoms with E-state index in [0.717, 1.165) is 6.07 Å². The number of alkyl halides is 3. The highest BCUT2D eigenvalue weighted by molar-refractivity contribution is 7.87. The summed E-state index contributed by atoms with van der Waals surface area (Å²) in [4.78, 5) is 24.8. The van der Waals surface area contributed by atoms with Crippen molar-refractivity contribution in [2.75, 3.05) is 0 Å². The molecule has 36 heavy (non-hydrogen) atoms. The van der Waals surface area contributed by atoms with Crippen molar-refractivity contribution in [2.45, 2.75) is 24.0 Å². The Balaban J connectivity index is 1.63. The first-order valence-corrected chi connectivity index (χ1v) is 11.7. The predicted octanol–water partition coefficient (Wildman–Crippen LogP) is 3.33. The molecule has 1 amide bonds. The van der Waals surface area contributed by atoms with Gasteiger partial charge in [0.25, 0.3) is 11.9 Å². The second-order valence-electron chi connectivity index (χ2n) is 7.37. The van der Waals surface area contributed by atoms with E-state index in [1.54, 1.807) is 12.1 Å². The molecule has 0 aliphatic carbocycles. The monoisotopic (exact) mass is 518 g/mol.